The highest BCUT2D eigenvalue weighted by atomic mass is 19.4. The Morgan fingerprint density at radius 2 is 1.98 bits per heavy atom. The van der Waals surface area contributed by atoms with Crippen LogP contribution in [0.3, 0.4) is 0 Å². The molecule has 0 aromatic carbocycles. The maximum atomic E-state index is 14.3. The van der Waals surface area contributed by atoms with Crippen molar-refractivity contribution < 1.29 is 32.2 Å². The summed E-state index contributed by atoms with van der Waals surface area (Å²) < 4.78 is 51.6. The van der Waals surface area contributed by atoms with Crippen molar-refractivity contribution in [3.63, 3.8) is 0 Å². The van der Waals surface area contributed by atoms with Gasteiger partial charge in [0.15, 0.2) is 0 Å². The number of piperidine rings is 1. The summed E-state index contributed by atoms with van der Waals surface area (Å²) in [6.07, 6.45) is 4.16. The molecule has 1 aliphatic carbocycles. The average Bonchev–Trinajstić information content (AvgIpc) is 3.62. The number of likely N-dealkylation sites (tertiary alicyclic amines) is 2. The van der Waals surface area contributed by atoms with E-state index >= 15 is 0 Å². The Morgan fingerprint density at radius 1 is 1.16 bits per heavy atom. The van der Waals surface area contributed by atoms with Crippen LogP contribution in [0.5, 0.6) is 0 Å². The van der Waals surface area contributed by atoms with Crippen LogP contribution in [-0.2, 0) is 38.2 Å². The number of carbonyl (C=O) groups excluding carboxylic acids is 2. The lowest BCUT2D eigenvalue weighted by Gasteiger charge is -2.36. The minimum atomic E-state index is -4.49. The van der Waals surface area contributed by atoms with Gasteiger partial charge < -0.3 is 29.5 Å². The predicted molar refractivity (Wildman–Crippen MR) is 157 cm³/mol. The van der Waals surface area contributed by atoms with E-state index in [1.807, 2.05) is 4.90 Å². The summed E-state index contributed by atoms with van der Waals surface area (Å²) in [7, 11) is 1.70. The van der Waals surface area contributed by atoms with Crippen molar-refractivity contribution in [2.45, 2.75) is 88.7 Å². The Kier molecular flexibility index (Phi) is 9.52. The molecular formula is C32H46F3N5O4. The zero-order valence-corrected chi connectivity index (χ0v) is 25.7. The zero-order chi connectivity index (χ0) is 30.9. The number of alkyl halides is 3. The Balaban J connectivity index is 1.18. The molecule has 5 atom stereocenters. The van der Waals surface area contributed by atoms with Gasteiger partial charge in [-0.3, -0.25) is 14.6 Å². The van der Waals surface area contributed by atoms with Gasteiger partial charge >= 0.3 is 6.18 Å². The number of aromatic nitrogens is 1. The summed E-state index contributed by atoms with van der Waals surface area (Å²) in [5, 5.41) is 3.80. The number of amides is 2. The molecule has 3 saturated heterocycles. The highest BCUT2D eigenvalue weighted by Crippen LogP contribution is 2.50. The normalized spacial score (nSPS) is 31.5. The molecular weight excluding hydrogens is 575 g/mol. The van der Waals surface area contributed by atoms with E-state index in [9.17, 15) is 22.8 Å². The van der Waals surface area contributed by atoms with Crippen molar-refractivity contribution in [2.24, 2.45) is 11.3 Å². The first kappa shape index (κ1) is 31.7. The highest BCUT2D eigenvalue weighted by molar-refractivity contribution is 5.83. The lowest BCUT2D eigenvalue weighted by atomic mass is 9.75. The highest BCUT2D eigenvalue weighted by Gasteiger charge is 2.55. The van der Waals surface area contributed by atoms with Crippen LogP contribution in [0.2, 0.25) is 0 Å². The number of hydrogen-bond acceptors (Lipinski definition) is 7. The van der Waals surface area contributed by atoms with Crippen molar-refractivity contribution >= 4 is 11.8 Å². The second-order valence-corrected chi connectivity index (χ2v) is 13.5. The molecule has 1 aromatic rings. The fourth-order valence-electron chi connectivity index (χ4n) is 8.28. The molecule has 1 N–H and O–H groups in total. The number of hydrogen-bond donors (Lipinski definition) is 1. The van der Waals surface area contributed by atoms with Crippen molar-refractivity contribution in [3.05, 3.63) is 29.1 Å². The second-order valence-electron chi connectivity index (χ2n) is 13.5. The Bertz CT molecular complexity index is 1190. The van der Waals surface area contributed by atoms with Gasteiger partial charge in [0.05, 0.1) is 24.2 Å². The quantitative estimate of drug-likeness (QED) is 0.501. The molecule has 1 aromatic heterocycles. The van der Waals surface area contributed by atoms with Crippen LogP contribution in [0, 0.1) is 11.3 Å². The molecule has 44 heavy (non-hydrogen) atoms. The molecule has 5 aliphatic rings. The first-order valence-electron chi connectivity index (χ1n) is 16.4. The third-order valence-electron chi connectivity index (χ3n) is 10.8. The number of fused-ring (bicyclic) bond motifs is 1. The Labute approximate surface area is 257 Å². The lowest BCUT2D eigenvalue weighted by molar-refractivity contribution is -0.139. The van der Waals surface area contributed by atoms with Gasteiger partial charge in [0.2, 0.25) is 11.8 Å². The first-order valence-corrected chi connectivity index (χ1v) is 16.4. The fraction of sp³-hybridized carbons (Fsp3) is 0.781. The number of carbonyl (C=O) groups is 2. The molecule has 4 fully saturated rings. The molecule has 1 spiro atoms. The predicted octanol–water partition coefficient (Wildman–Crippen LogP) is 3.25. The van der Waals surface area contributed by atoms with Crippen LogP contribution in [0.1, 0.15) is 68.2 Å². The number of pyridine rings is 1. The maximum absolute atomic E-state index is 14.3. The molecule has 0 radical (unpaired) electrons. The van der Waals surface area contributed by atoms with Gasteiger partial charge in [-0.15, -0.1) is 0 Å². The fourth-order valence-corrected chi connectivity index (χ4v) is 8.28. The van der Waals surface area contributed by atoms with Crippen LogP contribution in [0.15, 0.2) is 12.3 Å². The number of ether oxygens (including phenoxy) is 2. The summed E-state index contributed by atoms with van der Waals surface area (Å²) >= 11 is 0. The monoisotopic (exact) mass is 621 g/mol. The summed E-state index contributed by atoms with van der Waals surface area (Å²) in [6.45, 7) is 5.47. The van der Waals surface area contributed by atoms with Gasteiger partial charge in [-0.2, -0.15) is 13.2 Å². The Morgan fingerprint density at radius 3 is 2.75 bits per heavy atom. The van der Waals surface area contributed by atoms with Crippen LogP contribution in [0.4, 0.5) is 13.2 Å². The molecule has 5 unspecified atom stereocenters. The van der Waals surface area contributed by atoms with Crippen LogP contribution in [0.25, 0.3) is 0 Å². The van der Waals surface area contributed by atoms with Crippen LogP contribution < -0.4 is 5.32 Å². The third-order valence-corrected chi connectivity index (χ3v) is 10.8. The average molecular weight is 622 g/mol. The molecule has 12 heteroatoms. The molecule has 244 valence electrons. The number of rotatable bonds is 7. The van der Waals surface area contributed by atoms with E-state index in [-0.39, 0.29) is 47.9 Å². The summed E-state index contributed by atoms with van der Waals surface area (Å²) in [6, 6.07) is 1.49. The van der Waals surface area contributed by atoms with Gasteiger partial charge in [0.1, 0.15) is 0 Å². The first-order chi connectivity index (χ1) is 21.1. The molecule has 4 aliphatic heterocycles. The SMILES string of the molecule is COC1COCCC1NC1CCC2(C1)CN(C(=O)CCN1CCCCC1)CC2C(=O)N1CCc2ncc(C(F)(F)F)cc2C1. The van der Waals surface area contributed by atoms with E-state index in [1.165, 1.54) is 19.3 Å². The van der Waals surface area contributed by atoms with Gasteiger partial charge in [0.25, 0.3) is 0 Å². The maximum Gasteiger partial charge on any atom is 0.417 e. The topological polar surface area (TPSA) is 87.2 Å². The second kappa shape index (κ2) is 13.2. The number of halogens is 3. The van der Waals surface area contributed by atoms with Crippen LogP contribution in [-0.4, -0.2) is 109 Å². The minimum absolute atomic E-state index is 0.0298. The summed E-state index contributed by atoms with van der Waals surface area (Å²) in [5.41, 5.74) is -0.0835. The van der Waals surface area contributed by atoms with Crippen LogP contribution >= 0.6 is 0 Å². The molecule has 6 rings (SSSR count). The van der Waals surface area contributed by atoms with Crippen molar-refractivity contribution in [3.8, 4) is 0 Å². The van der Waals surface area contributed by atoms with E-state index < -0.39 is 11.7 Å². The summed E-state index contributed by atoms with van der Waals surface area (Å²) in [4.78, 5) is 37.9. The lowest BCUT2D eigenvalue weighted by Crippen LogP contribution is -2.51. The van der Waals surface area contributed by atoms with Gasteiger partial charge in [-0.1, -0.05) is 6.42 Å². The van der Waals surface area contributed by atoms with E-state index in [4.69, 9.17) is 9.47 Å². The van der Waals surface area contributed by atoms with Gasteiger partial charge in [0, 0.05) is 88.7 Å². The Hall–Kier alpha value is -2.28. The smallest absolute Gasteiger partial charge is 0.379 e. The molecule has 1 saturated carbocycles. The van der Waals surface area contributed by atoms with Gasteiger partial charge in [-0.05, 0) is 63.2 Å². The van der Waals surface area contributed by atoms with Crippen molar-refractivity contribution in [2.75, 3.05) is 59.6 Å². The molecule has 2 amide bonds. The standard InChI is InChI=1S/C32H46F3N5O4/c1-43-28-20-44-14-8-27(28)37-24-5-9-31(16-24)21-40(29(41)7-12-38-10-3-2-4-11-38)19-25(31)30(42)39-13-6-26-22(18-39)15-23(17-36-26)32(33,34)35/h15,17,24-25,27-28,37H,2-14,16,18-21H2,1H3. The van der Waals surface area contributed by atoms with E-state index in [1.54, 1.807) is 12.0 Å². The zero-order valence-electron chi connectivity index (χ0n) is 25.7. The van der Waals surface area contributed by atoms with E-state index in [0.717, 1.165) is 57.6 Å². The molecule has 0 bridgehead atoms. The molecule has 5 heterocycles. The number of nitrogens with one attached hydrogen (secondary N) is 1. The third kappa shape index (κ3) is 6.78. The van der Waals surface area contributed by atoms with Crippen molar-refractivity contribution in [1.29, 1.82) is 0 Å². The van der Waals surface area contributed by atoms with Gasteiger partial charge in [-0.25, -0.2) is 0 Å². The van der Waals surface area contributed by atoms with E-state index in [0.29, 0.717) is 56.9 Å². The molecule has 9 nitrogen and oxygen atoms in total. The van der Waals surface area contributed by atoms with Crippen molar-refractivity contribution in [1.82, 2.24) is 25.0 Å². The largest absolute Gasteiger partial charge is 0.417 e. The number of nitrogens with zero attached hydrogens (tertiary/aromatic N) is 4. The van der Waals surface area contributed by atoms with E-state index in [2.05, 4.69) is 15.2 Å². The number of methoxy groups -OCH3 is 1. The minimum Gasteiger partial charge on any atom is -0.379 e. The summed E-state index contributed by atoms with van der Waals surface area (Å²) in [5.74, 6) is -0.351.